The predicted octanol–water partition coefficient (Wildman–Crippen LogP) is 8.70. The van der Waals surface area contributed by atoms with Gasteiger partial charge in [0.2, 0.25) is 5.82 Å². The zero-order valence-electron chi connectivity index (χ0n) is 35.6. The minimum atomic E-state index is -1.20. The maximum Gasteiger partial charge on any atom is 0.332 e. The van der Waals surface area contributed by atoms with Crippen molar-refractivity contribution in [3.63, 3.8) is 0 Å². The zero-order valence-corrected chi connectivity index (χ0v) is 37.3. The number of halogens is 3. The number of amides is 1. The minimum Gasteiger partial charge on any atom is -0.496 e. The largest absolute Gasteiger partial charge is 0.496 e. The van der Waals surface area contributed by atoms with Crippen LogP contribution >= 0.6 is 23.1 Å². The molecule has 5 heterocycles. The summed E-state index contributed by atoms with van der Waals surface area (Å²) in [6.45, 7) is 2.60. The molecule has 2 fully saturated rings. The van der Waals surface area contributed by atoms with Crippen molar-refractivity contribution >= 4 is 44.9 Å². The lowest BCUT2D eigenvalue weighted by atomic mass is 9.81. The number of rotatable bonds is 11. The van der Waals surface area contributed by atoms with Gasteiger partial charge in [-0.2, -0.15) is 16.2 Å². The first kappa shape index (κ1) is 43.3. The summed E-state index contributed by atoms with van der Waals surface area (Å²) >= 11 is 3.02. The number of ether oxygens (including phenoxy) is 4. The number of hydrogen-bond acceptors (Lipinski definition) is 10. The lowest BCUT2D eigenvalue weighted by Gasteiger charge is -2.35. The molecular formula is C48H45F3N4O7S2. The lowest BCUT2D eigenvalue weighted by molar-refractivity contribution is 0.0691. The van der Waals surface area contributed by atoms with Crippen LogP contribution in [0.15, 0.2) is 87.4 Å². The summed E-state index contributed by atoms with van der Waals surface area (Å²) in [6, 6.07) is 19.3. The number of aliphatic imine (C=N–C) groups is 1. The molecule has 3 aliphatic rings. The molecule has 1 amide bonds. The molecule has 2 saturated heterocycles. The fraction of sp³-hybridized carbons (Fsp3) is 0.333. The number of nitrogens with zero attached hydrogens (tertiary/aromatic N) is 4. The Hall–Kier alpha value is -6.00. The summed E-state index contributed by atoms with van der Waals surface area (Å²) in [5.74, 6) is 0.475. The summed E-state index contributed by atoms with van der Waals surface area (Å²) in [5, 5.41) is 0. The van der Waals surface area contributed by atoms with E-state index in [9.17, 15) is 23.2 Å². The van der Waals surface area contributed by atoms with Gasteiger partial charge in [-0.15, -0.1) is 11.3 Å². The number of carbonyl (C=O) groups excluding carboxylic acids is 1. The molecule has 332 valence electrons. The highest BCUT2D eigenvalue weighted by Crippen LogP contribution is 2.44. The molecule has 2 aromatic heterocycles. The lowest BCUT2D eigenvalue weighted by Crippen LogP contribution is -2.46. The van der Waals surface area contributed by atoms with E-state index in [0.29, 0.717) is 47.0 Å². The Labute approximate surface area is 375 Å². The molecule has 0 unspecified atom stereocenters. The van der Waals surface area contributed by atoms with E-state index in [1.807, 2.05) is 49.0 Å². The molecule has 0 N–H and O–H groups in total. The van der Waals surface area contributed by atoms with E-state index in [0.717, 1.165) is 46.1 Å². The number of methoxy groups -OCH3 is 3. The summed E-state index contributed by atoms with van der Waals surface area (Å²) in [7, 11) is 4.25. The van der Waals surface area contributed by atoms with Crippen LogP contribution in [0.3, 0.4) is 0 Å². The molecule has 6 aromatic rings. The maximum atomic E-state index is 15.4. The van der Waals surface area contributed by atoms with E-state index >= 15 is 4.39 Å². The number of thioether (sulfide) groups is 1. The van der Waals surface area contributed by atoms with Crippen molar-refractivity contribution in [3.05, 3.63) is 139 Å². The van der Waals surface area contributed by atoms with Gasteiger partial charge in [-0.3, -0.25) is 23.7 Å². The van der Waals surface area contributed by atoms with Crippen LogP contribution in [-0.4, -0.2) is 84.2 Å². The van der Waals surface area contributed by atoms with E-state index in [4.69, 9.17) is 23.9 Å². The Balaban J connectivity index is 0.997. The Kier molecular flexibility index (Phi) is 12.1. The van der Waals surface area contributed by atoms with E-state index < -0.39 is 41.3 Å². The van der Waals surface area contributed by atoms with Crippen molar-refractivity contribution in [2.75, 3.05) is 52.5 Å². The minimum absolute atomic E-state index is 0.127. The normalized spacial score (nSPS) is 17.4. The van der Waals surface area contributed by atoms with Gasteiger partial charge in [0.05, 0.1) is 51.8 Å². The Morgan fingerprint density at radius 2 is 1.56 bits per heavy atom. The van der Waals surface area contributed by atoms with Crippen molar-refractivity contribution in [3.8, 4) is 33.4 Å². The van der Waals surface area contributed by atoms with Crippen LogP contribution in [0.1, 0.15) is 70.8 Å². The number of fused-ring (bicyclic) bond motifs is 4. The van der Waals surface area contributed by atoms with Crippen molar-refractivity contribution in [1.82, 2.24) is 14.0 Å². The van der Waals surface area contributed by atoms with Gasteiger partial charge in [-0.1, -0.05) is 18.2 Å². The zero-order chi connectivity index (χ0) is 44.8. The van der Waals surface area contributed by atoms with Gasteiger partial charge >= 0.3 is 5.69 Å². The average molecular weight is 911 g/mol. The molecule has 0 spiro atoms. The quantitative estimate of drug-likeness (QED) is 0.127. The van der Waals surface area contributed by atoms with Crippen molar-refractivity contribution in [2.24, 2.45) is 4.99 Å². The van der Waals surface area contributed by atoms with Crippen molar-refractivity contribution < 1.29 is 36.9 Å². The molecule has 64 heavy (non-hydrogen) atoms. The molecule has 0 aliphatic carbocycles. The topological polar surface area (TPSA) is 114 Å². The van der Waals surface area contributed by atoms with Crippen LogP contribution in [-0.2, 0) is 6.54 Å². The maximum absolute atomic E-state index is 15.4. The smallest absolute Gasteiger partial charge is 0.332 e. The van der Waals surface area contributed by atoms with Crippen LogP contribution in [0.5, 0.6) is 23.0 Å². The number of carbonyl (C=O) groups is 1. The summed E-state index contributed by atoms with van der Waals surface area (Å²) in [4.78, 5) is 50.3. The molecule has 0 bridgehead atoms. The highest BCUT2D eigenvalue weighted by atomic mass is 32.2. The monoisotopic (exact) mass is 910 g/mol. The third-order valence-electron chi connectivity index (χ3n) is 12.4. The number of likely N-dealkylation sites (tertiary alicyclic amines) is 1. The predicted molar refractivity (Wildman–Crippen MR) is 243 cm³/mol. The van der Waals surface area contributed by atoms with E-state index in [2.05, 4.69) is 6.07 Å². The standard InChI is InChI=1S/C48H45F3N4O7S2/c1-5-62-40-21-32-33(22-39(40)61-4)44(52-35-16-19-63-25-34(32)35)26-6-8-27(9-7-26)46(56)53-17-14-30(15-18-53)55-47(57)45-36(23-41(64-45)31-12-11-29(49)20-38(31)60-3)54(48(55)58)24-28-10-13-37(59-2)43(51)42(28)50/h6-13,20-23,30,34-35H,5,14-19,24-25H2,1-4H3/t34-,35-/m1/s1. The fourth-order valence-electron chi connectivity index (χ4n) is 9.10. The molecule has 11 nitrogen and oxygen atoms in total. The first-order chi connectivity index (χ1) is 31.0. The molecule has 2 atom stereocenters. The second kappa shape index (κ2) is 17.9. The number of aromatic nitrogens is 2. The highest BCUT2D eigenvalue weighted by molar-refractivity contribution is 7.99. The molecule has 4 aromatic carbocycles. The van der Waals surface area contributed by atoms with Crippen LogP contribution < -0.4 is 30.2 Å². The Bertz CT molecular complexity index is 2940. The SMILES string of the molecule is CCOc1cc2c(cc1OC)C(c1ccc(C(=O)N3CCC(n4c(=O)c5sc(-c6ccc(F)cc6OC)cc5n(Cc5ccc(OC)c(F)c5F)c4=O)CC3)cc1)=N[C@@H]1CCSC[C@H]21. The number of thiophene rings is 1. The summed E-state index contributed by atoms with van der Waals surface area (Å²) in [6.07, 6.45) is 1.55. The van der Waals surface area contributed by atoms with Crippen LogP contribution in [0.4, 0.5) is 13.2 Å². The van der Waals surface area contributed by atoms with Crippen LogP contribution in [0.25, 0.3) is 20.7 Å². The Morgan fingerprint density at radius 3 is 2.28 bits per heavy atom. The Morgan fingerprint density at radius 1 is 0.812 bits per heavy atom. The van der Waals surface area contributed by atoms with Gasteiger partial charge in [0.25, 0.3) is 11.5 Å². The highest BCUT2D eigenvalue weighted by Gasteiger charge is 2.36. The average Bonchev–Trinajstić information content (AvgIpc) is 3.77. The van der Waals surface area contributed by atoms with Gasteiger partial charge in [-0.25, -0.2) is 13.6 Å². The van der Waals surface area contributed by atoms with E-state index in [-0.39, 0.29) is 58.2 Å². The van der Waals surface area contributed by atoms with Crippen molar-refractivity contribution in [2.45, 2.75) is 50.7 Å². The second-order valence-electron chi connectivity index (χ2n) is 15.9. The van der Waals surface area contributed by atoms with Gasteiger partial charge < -0.3 is 23.8 Å². The molecular weight excluding hydrogens is 866 g/mol. The first-order valence-electron chi connectivity index (χ1n) is 21.1. The van der Waals surface area contributed by atoms with E-state index in [1.54, 1.807) is 18.1 Å². The van der Waals surface area contributed by atoms with Gasteiger partial charge in [0, 0.05) is 69.6 Å². The number of hydrogen-bond donors (Lipinski definition) is 0. The van der Waals surface area contributed by atoms with E-state index in [1.165, 1.54) is 59.2 Å². The summed E-state index contributed by atoms with van der Waals surface area (Å²) < 4.78 is 69.2. The summed E-state index contributed by atoms with van der Waals surface area (Å²) in [5.41, 5.74) is 3.73. The molecule has 0 saturated carbocycles. The molecule has 3 aliphatic heterocycles. The second-order valence-corrected chi connectivity index (χ2v) is 18.1. The van der Waals surface area contributed by atoms with Gasteiger partial charge in [-0.05, 0) is 86.0 Å². The van der Waals surface area contributed by atoms with Gasteiger partial charge in [0.15, 0.2) is 23.1 Å². The third-order valence-corrected chi connectivity index (χ3v) is 14.6. The molecule has 9 rings (SSSR count). The third kappa shape index (κ3) is 7.73. The van der Waals surface area contributed by atoms with Gasteiger partial charge in [0.1, 0.15) is 16.3 Å². The van der Waals surface area contributed by atoms with Crippen LogP contribution in [0.2, 0.25) is 0 Å². The van der Waals surface area contributed by atoms with Crippen molar-refractivity contribution in [1.29, 1.82) is 0 Å². The van der Waals surface area contributed by atoms with Crippen LogP contribution in [0, 0.1) is 17.5 Å². The fourth-order valence-corrected chi connectivity index (χ4v) is 11.5. The number of piperidine rings is 1. The number of benzene rings is 4. The molecule has 0 radical (unpaired) electrons. The first-order valence-corrected chi connectivity index (χ1v) is 23.0. The molecule has 16 heteroatoms.